The van der Waals surface area contributed by atoms with E-state index < -0.39 is 11.6 Å². The fraction of sp³-hybridized carbons (Fsp3) is 0.150. The standard InChI is InChI=1S/C20H18F2N6/c21-14-7-12(8-15(23)17(14)22)18(24)16-19(25)26-9-27-20(16)28-13-5-10-3-1-2-4-11(10)6-13/h1-4,7-9,13,24H,5-6,23H2,(H3,25,26,27,28). The summed E-state index contributed by atoms with van der Waals surface area (Å²) in [6.07, 6.45) is 2.92. The Balaban J connectivity index is 1.66. The molecule has 1 aliphatic carbocycles. The van der Waals surface area contributed by atoms with Gasteiger partial charge in [0.15, 0.2) is 11.6 Å². The molecule has 3 aromatic rings. The predicted octanol–water partition coefficient (Wildman–Crippen LogP) is 2.91. The van der Waals surface area contributed by atoms with Crippen LogP contribution in [-0.2, 0) is 12.8 Å². The van der Waals surface area contributed by atoms with Crippen molar-refractivity contribution in [3.63, 3.8) is 0 Å². The first-order valence-electron chi connectivity index (χ1n) is 8.71. The van der Waals surface area contributed by atoms with E-state index in [2.05, 4.69) is 27.4 Å². The van der Waals surface area contributed by atoms with Crippen LogP contribution in [0.25, 0.3) is 0 Å². The Morgan fingerprint density at radius 3 is 2.39 bits per heavy atom. The largest absolute Gasteiger partial charge is 0.396 e. The summed E-state index contributed by atoms with van der Waals surface area (Å²) in [6.45, 7) is 0. The number of nitrogens with zero attached hydrogens (tertiary/aromatic N) is 2. The van der Waals surface area contributed by atoms with Crippen molar-refractivity contribution in [2.45, 2.75) is 18.9 Å². The quantitative estimate of drug-likeness (QED) is 0.410. The molecule has 1 aromatic heterocycles. The lowest BCUT2D eigenvalue weighted by molar-refractivity contribution is 0.512. The third kappa shape index (κ3) is 3.13. The van der Waals surface area contributed by atoms with Crippen molar-refractivity contribution in [3.8, 4) is 0 Å². The van der Waals surface area contributed by atoms with Gasteiger partial charge in [0.25, 0.3) is 0 Å². The van der Waals surface area contributed by atoms with Gasteiger partial charge in [-0.15, -0.1) is 0 Å². The van der Waals surface area contributed by atoms with E-state index in [1.165, 1.54) is 23.5 Å². The minimum Gasteiger partial charge on any atom is -0.396 e. The van der Waals surface area contributed by atoms with Crippen LogP contribution in [-0.4, -0.2) is 21.7 Å². The molecular formula is C20H18F2N6. The number of rotatable bonds is 4. The molecule has 0 aliphatic heterocycles. The van der Waals surface area contributed by atoms with Crippen molar-refractivity contribution in [1.29, 1.82) is 5.41 Å². The van der Waals surface area contributed by atoms with Crippen LogP contribution in [0.3, 0.4) is 0 Å². The molecule has 4 rings (SSSR count). The number of benzene rings is 2. The van der Waals surface area contributed by atoms with Gasteiger partial charge in [0.05, 0.1) is 17.0 Å². The Kier molecular flexibility index (Phi) is 4.38. The van der Waals surface area contributed by atoms with Crippen LogP contribution >= 0.6 is 0 Å². The second-order valence-corrected chi connectivity index (χ2v) is 6.74. The fourth-order valence-electron chi connectivity index (χ4n) is 3.51. The number of nitrogens with one attached hydrogen (secondary N) is 2. The molecule has 0 spiro atoms. The molecule has 0 atom stereocenters. The molecule has 28 heavy (non-hydrogen) atoms. The Morgan fingerprint density at radius 1 is 1.07 bits per heavy atom. The summed E-state index contributed by atoms with van der Waals surface area (Å²) in [5, 5.41) is 11.8. The van der Waals surface area contributed by atoms with E-state index in [9.17, 15) is 8.78 Å². The normalized spacial score (nSPS) is 13.4. The van der Waals surface area contributed by atoms with E-state index in [4.69, 9.17) is 16.9 Å². The molecule has 6 N–H and O–H groups in total. The number of nitrogens with two attached hydrogens (primary N) is 2. The van der Waals surface area contributed by atoms with Crippen LogP contribution in [0, 0.1) is 17.0 Å². The summed E-state index contributed by atoms with van der Waals surface area (Å²) in [5.41, 5.74) is 13.8. The van der Waals surface area contributed by atoms with Crippen molar-refractivity contribution >= 4 is 23.0 Å². The van der Waals surface area contributed by atoms with Gasteiger partial charge in [-0.05, 0) is 36.1 Å². The molecule has 1 heterocycles. The van der Waals surface area contributed by atoms with E-state index in [0.29, 0.717) is 5.82 Å². The van der Waals surface area contributed by atoms with E-state index >= 15 is 0 Å². The Morgan fingerprint density at radius 2 is 1.75 bits per heavy atom. The minimum atomic E-state index is -1.14. The first kappa shape index (κ1) is 17.8. The summed E-state index contributed by atoms with van der Waals surface area (Å²) in [6, 6.07) is 10.3. The van der Waals surface area contributed by atoms with Crippen LogP contribution < -0.4 is 16.8 Å². The van der Waals surface area contributed by atoms with Crippen molar-refractivity contribution < 1.29 is 8.78 Å². The number of halogens is 2. The predicted molar refractivity (Wildman–Crippen MR) is 104 cm³/mol. The number of fused-ring (bicyclic) bond motifs is 1. The van der Waals surface area contributed by atoms with Crippen molar-refractivity contribution in [1.82, 2.24) is 9.97 Å². The number of nitrogen functional groups attached to an aromatic ring is 2. The molecule has 8 heteroatoms. The third-order valence-electron chi connectivity index (χ3n) is 4.86. The van der Waals surface area contributed by atoms with Gasteiger partial charge in [-0.1, -0.05) is 24.3 Å². The third-order valence-corrected chi connectivity index (χ3v) is 4.86. The lowest BCUT2D eigenvalue weighted by Crippen LogP contribution is -2.23. The number of aromatic nitrogens is 2. The lowest BCUT2D eigenvalue weighted by atomic mass is 10.0. The first-order chi connectivity index (χ1) is 13.4. The van der Waals surface area contributed by atoms with E-state index in [-0.39, 0.29) is 34.4 Å². The van der Waals surface area contributed by atoms with Gasteiger partial charge in [-0.3, -0.25) is 5.41 Å². The molecular weight excluding hydrogens is 362 g/mol. The monoisotopic (exact) mass is 380 g/mol. The van der Waals surface area contributed by atoms with Gasteiger partial charge in [-0.25, -0.2) is 18.7 Å². The van der Waals surface area contributed by atoms with Gasteiger partial charge < -0.3 is 16.8 Å². The molecule has 0 fully saturated rings. The van der Waals surface area contributed by atoms with Crippen molar-refractivity contribution in [2.24, 2.45) is 0 Å². The van der Waals surface area contributed by atoms with Crippen LogP contribution in [0.15, 0.2) is 42.7 Å². The zero-order valence-corrected chi connectivity index (χ0v) is 14.8. The highest BCUT2D eigenvalue weighted by Gasteiger charge is 2.24. The van der Waals surface area contributed by atoms with Crippen LogP contribution in [0.2, 0.25) is 0 Å². The van der Waals surface area contributed by atoms with Crippen LogP contribution in [0.5, 0.6) is 0 Å². The van der Waals surface area contributed by atoms with Gasteiger partial charge in [-0.2, -0.15) is 0 Å². The second-order valence-electron chi connectivity index (χ2n) is 6.74. The first-order valence-corrected chi connectivity index (χ1v) is 8.71. The summed E-state index contributed by atoms with van der Waals surface area (Å²) in [4.78, 5) is 8.18. The highest BCUT2D eigenvalue weighted by atomic mass is 19.2. The van der Waals surface area contributed by atoms with Crippen LogP contribution in [0.1, 0.15) is 22.3 Å². The molecule has 0 amide bonds. The van der Waals surface area contributed by atoms with E-state index in [0.717, 1.165) is 18.9 Å². The SMILES string of the molecule is N=C(c1cc(N)c(F)c(F)c1)c1c(N)ncnc1NC1Cc2ccccc2C1. The Bertz CT molecular complexity index is 1030. The van der Waals surface area contributed by atoms with Crippen molar-refractivity contribution in [2.75, 3.05) is 16.8 Å². The maximum absolute atomic E-state index is 13.8. The highest BCUT2D eigenvalue weighted by molar-refractivity contribution is 6.16. The molecule has 1 aliphatic rings. The molecule has 2 aromatic carbocycles. The molecule has 0 radical (unpaired) electrons. The minimum absolute atomic E-state index is 0.0707. The second kappa shape index (κ2) is 6.88. The van der Waals surface area contributed by atoms with Gasteiger partial charge in [0, 0.05) is 11.6 Å². The zero-order valence-electron chi connectivity index (χ0n) is 14.8. The summed E-state index contributed by atoms with van der Waals surface area (Å²) in [5.74, 6) is -1.83. The van der Waals surface area contributed by atoms with Gasteiger partial charge in [0.2, 0.25) is 0 Å². The summed E-state index contributed by atoms with van der Waals surface area (Å²) < 4.78 is 27.3. The van der Waals surface area contributed by atoms with Crippen molar-refractivity contribution in [3.05, 3.63) is 76.6 Å². The zero-order chi connectivity index (χ0) is 19.8. The number of anilines is 3. The van der Waals surface area contributed by atoms with Gasteiger partial charge in [0.1, 0.15) is 18.0 Å². The fourth-order valence-corrected chi connectivity index (χ4v) is 3.51. The lowest BCUT2D eigenvalue weighted by Gasteiger charge is -2.18. The molecule has 0 unspecified atom stereocenters. The molecule has 0 saturated carbocycles. The summed E-state index contributed by atoms with van der Waals surface area (Å²) >= 11 is 0. The van der Waals surface area contributed by atoms with Crippen LogP contribution in [0.4, 0.5) is 26.1 Å². The topological polar surface area (TPSA) is 114 Å². The average molecular weight is 380 g/mol. The number of hydrogen-bond donors (Lipinski definition) is 4. The maximum Gasteiger partial charge on any atom is 0.181 e. The van der Waals surface area contributed by atoms with E-state index in [1.54, 1.807) is 0 Å². The summed E-state index contributed by atoms with van der Waals surface area (Å²) in [7, 11) is 0. The maximum atomic E-state index is 13.8. The van der Waals surface area contributed by atoms with Gasteiger partial charge >= 0.3 is 0 Å². The molecule has 142 valence electrons. The molecule has 0 bridgehead atoms. The Hall–Kier alpha value is -3.55. The van der Waals surface area contributed by atoms with E-state index in [1.807, 2.05) is 12.1 Å². The number of hydrogen-bond acceptors (Lipinski definition) is 6. The smallest absolute Gasteiger partial charge is 0.181 e. The highest BCUT2D eigenvalue weighted by Crippen LogP contribution is 2.28. The average Bonchev–Trinajstić information content (AvgIpc) is 3.07. The Labute approximate surface area is 160 Å². The molecule has 0 saturated heterocycles. The molecule has 6 nitrogen and oxygen atoms in total.